The molecule has 10 nitrogen and oxygen atoms in total. The van der Waals surface area contributed by atoms with Crippen LogP contribution in [0.15, 0.2) is 102 Å². The number of pyridine rings is 1. The molecule has 0 aliphatic carbocycles. The predicted octanol–water partition coefficient (Wildman–Crippen LogP) is 6.13. The molecular weight excluding hydrogens is 634 g/mol. The van der Waals surface area contributed by atoms with E-state index in [-0.39, 0.29) is 5.82 Å². The lowest BCUT2D eigenvalue weighted by atomic mass is 10.1. The number of halogens is 1. The van der Waals surface area contributed by atoms with Gasteiger partial charge in [0, 0.05) is 24.8 Å². The normalized spacial score (nSPS) is 11.6. The van der Waals surface area contributed by atoms with Gasteiger partial charge in [-0.15, -0.1) is 5.10 Å². The van der Waals surface area contributed by atoms with Crippen molar-refractivity contribution in [2.75, 3.05) is 19.1 Å². The molecule has 6 rings (SSSR count). The molecule has 45 heavy (non-hydrogen) atoms. The van der Waals surface area contributed by atoms with Gasteiger partial charge in [-0.25, -0.2) is 14.5 Å². The first-order valence-electron chi connectivity index (χ1n) is 14.0. The molecule has 1 unspecified atom stereocenters. The zero-order chi connectivity index (χ0) is 31.3. The molecule has 6 aromatic rings. The standard InChI is InChI=1S/C34H28BrN7O3/c1-44-26-13-9-22(10-14-26)20-41(21-23-11-15-27(45-2)16-12-23)33-34-39-32(30(43)28-8-3-4-17-37-28)40-42(34)31(35)29(38-33)25-7-5-6-24(18-25)19-36/h3-18,30,43H,20-21H2,1-2H3. The highest BCUT2D eigenvalue weighted by Crippen LogP contribution is 2.34. The molecule has 11 heteroatoms. The van der Waals surface area contributed by atoms with Crippen LogP contribution in [0.4, 0.5) is 5.82 Å². The Kier molecular flexibility index (Phi) is 8.68. The second-order valence-electron chi connectivity index (χ2n) is 10.2. The number of aromatic nitrogens is 5. The summed E-state index contributed by atoms with van der Waals surface area (Å²) in [5.74, 6) is 2.23. The Morgan fingerprint density at radius 3 is 2.13 bits per heavy atom. The van der Waals surface area contributed by atoms with Crippen molar-refractivity contribution < 1.29 is 14.6 Å². The van der Waals surface area contributed by atoms with E-state index in [2.05, 4.69) is 31.9 Å². The zero-order valence-electron chi connectivity index (χ0n) is 24.5. The number of anilines is 1. The number of nitriles is 1. The predicted molar refractivity (Wildman–Crippen MR) is 173 cm³/mol. The number of rotatable bonds is 10. The van der Waals surface area contributed by atoms with Gasteiger partial charge in [-0.05, 0) is 75.6 Å². The van der Waals surface area contributed by atoms with Gasteiger partial charge in [0.25, 0.3) is 0 Å². The number of hydrogen-bond acceptors (Lipinski definition) is 9. The third-order valence-corrected chi connectivity index (χ3v) is 7.98. The molecule has 0 saturated carbocycles. The lowest BCUT2D eigenvalue weighted by molar-refractivity contribution is 0.205. The van der Waals surface area contributed by atoms with Gasteiger partial charge in [0.1, 0.15) is 21.8 Å². The fraction of sp³-hybridized carbons (Fsp3) is 0.147. The van der Waals surface area contributed by atoms with Crippen LogP contribution in [0.1, 0.15) is 34.3 Å². The van der Waals surface area contributed by atoms with Crippen LogP contribution in [0.5, 0.6) is 11.5 Å². The monoisotopic (exact) mass is 661 g/mol. The van der Waals surface area contributed by atoms with Crippen LogP contribution in [0.3, 0.4) is 0 Å². The third-order valence-electron chi connectivity index (χ3n) is 7.26. The van der Waals surface area contributed by atoms with E-state index in [1.807, 2.05) is 60.7 Å². The first kappa shape index (κ1) is 29.7. The molecule has 1 N–H and O–H groups in total. The smallest absolute Gasteiger partial charge is 0.199 e. The second kappa shape index (κ2) is 13.1. The maximum absolute atomic E-state index is 11.2. The maximum atomic E-state index is 11.2. The topological polar surface area (TPSA) is 122 Å². The largest absolute Gasteiger partial charge is 0.497 e. The van der Waals surface area contributed by atoms with Crippen LogP contribution in [0, 0.1) is 11.3 Å². The fourth-order valence-corrected chi connectivity index (χ4v) is 5.50. The van der Waals surface area contributed by atoms with Crippen molar-refractivity contribution in [1.82, 2.24) is 24.6 Å². The zero-order valence-corrected chi connectivity index (χ0v) is 26.1. The summed E-state index contributed by atoms with van der Waals surface area (Å²) in [6.07, 6.45) is 0.455. The number of benzene rings is 3. The molecule has 0 aliphatic heterocycles. The molecule has 0 saturated heterocycles. The first-order chi connectivity index (χ1) is 22.0. The summed E-state index contributed by atoms with van der Waals surface area (Å²) in [6, 6.07) is 30.4. The summed E-state index contributed by atoms with van der Waals surface area (Å²) < 4.78 is 12.9. The first-order valence-corrected chi connectivity index (χ1v) is 14.8. The molecule has 0 aliphatic rings. The molecule has 0 bridgehead atoms. The van der Waals surface area contributed by atoms with E-state index in [1.165, 1.54) is 0 Å². The van der Waals surface area contributed by atoms with Crippen LogP contribution in [0.25, 0.3) is 16.9 Å². The third kappa shape index (κ3) is 6.33. The van der Waals surface area contributed by atoms with Crippen LogP contribution in [-0.4, -0.2) is 43.9 Å². The summed E-state index contributed by atoms with van der Waals surface area (Å²) in [5.41, 5.74) is 4.69. The minimum absolute atomic E-state index is 0.175. The van der Waals surface area contributed by atoms with Gasteiger partial charge in [-0.3, -0.25) is 4.98 Å². The van der Waals surface area contributed by atoms with Gasteiger partial charge in [0.2, 0.25) is 0 Å². The Morgan fingerprint density at radius 2 is 1.56 bits per heavy atom. The SMILES string of the molecule is COc1ccc(CN(Cc2ccc(OC)cc2)c2nc(-c3cccc(C#N)c3)c(Br)n3nc(C(O)c4ccccn4)nc23)cc1. The fourth-order valence-electron chi connectivity index (χ4n) is 4.94. The number of aliphatic hydroxyl groups excluding tert-OH is 1. The minimum atomic E-state index is -1.16. The van der Waals surface area contributed by atoms with Gasteiger partial charge < -0.3 is 19.5 Å². The molecule has 1 atom stereocenters. The summed E-state index contributed by atoms with van der Waals surface area (Å²) in [5, 5.41) is 25.5. The van der Waals surface area contributed by atoms with Crippen molar-refractivity contribution in [2.45, 2.75) is 19.2 Å². The second-order valence-corrected chi connectivity index (χ2v) is 10.9. The number of nitrogens with zero attached hydrogens (tertiary/aromatic N) is 7. The highest BCUT2D eigenvalue weighted by molar-refractivity contribution is 9.10. The van der Waals surface area contributed by atoms with E-state index < -0.39 is 6.10 Å². The van der Waals surface area contributed by atoms with E-state index >= 15 is 0 Å². The van der Waals surface area contributed by atoms with Gasteiger partial charge in [-0.1, -0.05) is 42.5 Å². The highest BCUT2D eigenvalue weighted by Gasteiger charge is 2.26. The van der Waals surface area contributed by atoms with Crippen molar-refractivity contribution >= 4 is 27.4 Å². The number of hydrogen-bond donors (Lipinski definition) is 1. The van der Waals surface area contributed by atoms with Crippen molar-refractivity contribution in [3.8, 4) is 28.8 Å². The Hall–Kier alpha value is -5.31. The molecule has 0 amide bonds. The lowest BCUT2D eigenvalue weighted by Gasteiger charge is -2.25. The van der Waals surface area contributed by atoms with E-state index in [9.17, 15) is 10.4 Å². The molecule has 224 valence electrons. The van der Waals surface area contributed by atoms with Crippen LogP contribution in [0.2, 0.25) is 0 Å². The van der Waals surface area contributed by atoms with Crippen molar-refractivity contribution in [2.24, 2.45) is 0 Å². The molecule has 0 fully saturated rings. The maximum Gasteiger partial charge on any atom is 0.199 e. The number of ether oxygens (including phenoxy) is 2. The van der Waals surface area contributed by atoms with Crippen LogP contribution < -0.4 is 14.4 Å². The number of aliphatic hydroxyl groups is 1. The van der Waals surface area contributed by atoms with Crippen molar-refractivity contribution in [3.63, 3.8) is 0 Å². The van der Waals surface area contributed by atoms with E-state index in [4.69, 9.17) is 24.5 Å². The van der Waals surface area contributed by atoms with Crippen LogP contribution >= 0.6 is 15.9 Å². The Labute approximate surface area is 268 Å². The molecule has 3 aromatic heterocycles. The Balaban J connectivity index is 1.54. The average Bonchev–Trinajstić information content (AvgIpc) is 3.55. The Bertz CT molecular complexity index is 1930. The summed E-state index contributed by atoms with van der Waals surface area (Å²) in [4.78, 5) is 16.4. The Morgan fingerprint density at radius 1 is 0.889 bits per heavy atom. The quantitative estimate of drug-likeness (QED) is 0.185. The van der Waals surface area contributed by atoms with Gasteiger partial charge in [-0.2, -0.15) is 5.26 Å². The van der Waals surface area contributed by atoms with Gasteiger partial charge in [0.05, 0.1) is 31.5 Å². The molecule has 0 radical (unpaired) electrons. The van der Waals surface area contributed by atoms with Gasteiger partial charge in [0.15, 0.2) is 23.4 Å². The summed E-state index contributed by atoms with van der Waals surface area (Å²) in [6.45, 7) is 0.950. The van der Waals surface area contributed by atoms with Gasteiger partial charge >= 0.3 is 0 Å². The molecule has 3 aromatic carbocycles. The van der Waals surface area contributed by atoms with E-state index in [1.54, 1.807) is 55.3 Å². The van der Waals surface area contributed by atoms with Crippen molar-refractivity contribution in [3.05, 3.63) is 130 Å². The highest BCUT2D eigenvalue weighted by atomic mass is 79.9. The molecule has 0 spiro atoms. The van der Waals surface area contributed by atoms with Crippen molar-refractivity contribution in [1.29, 1.82) is 5.26 Å². The number of fused-ring (bicyclic) bond motifs is 1. The lowest BCUT2D eigenvalue weighted by Crippen LogP contribution is -2.24. The van der Waals surface area contributed by atoms with Crippen LogP contribution in [-0.2, 0) is 13.1 Å². The van der Waals surface area contributed by atoms with E-state index in [0.717, 1.165) is 28.2 Å². The van der Waals surface area contributed by atoms with E-state index in [0.29, 0.717) is 46.1 Å². The summed E-state index contributed by atoms with van der Waals surface area (Å²) in [7, 11) is 3.27. The minimum Gasteiger partial charge on any atom is -0.497 e. The molecule has 3 heterocycles. The molecular formula is C34H28BrN7O3. The average molecular weight is 663 g/mol. The number of methoxy groups -OCH3 is 2. The summed E-state index contributed by atoms with van der Waals surface area (Å²) >= 11 is 3.70.